The van der Waals surface area contributed by atoms with E-state index in [1.165, 1.54) is 19.3 Å². The lowest BCUT2D eigenvalue weighted by molar-refractivity contribution is 0.0500. The number of alkyl carbamates (subject to hydrolysis) is 1. The summed E-state index contributed by atoms with van der Waals surface area (Å²) in [6.07, 6.45) is 7.11. The molecule has 0 aromatic carbocycles. The molecule has 1 saturated heterocycles. The standard InChI is InChI=1S/C18H28N4O2/c1-18(2,3)24-17(23)21-14-8-5-9-22(11-14)16-10-15(19-12-20-16)13-6-4-7-13/h10,12-14H,4-9,11H2,1-3H3,(H,21,23). The Hall–Kier alpha value is -1.85. The van der Waals surface area contributed by atoms with Gasteiger partial charge in [-0.15, -0.1) is 0 Å². The molecule has 0 spiro atoms. The summed E-state index contributed by atoms with van der Waals surface area (Å²) < 4.78 is 5.36. The molecule has 1 amide bonds. The van der Waals surface area contributed by atoms with Crippen molar-refractivity contribution in [3.8, 4) is 0 Å². The summed E-state index contributed by atoms with van der Waals surface area (Å²) in [4.78, 5) is 23.1. The maximum atomic E-state index is 12.0. The monoisotopic (exact) mass is 332 g/mol. The molecule has 1 aromatic heterocycles. The van der Waals surface area contributed by atoms with E-state index in [9.17, 15) is 4.79 Å². The average molecular weight is 332 g/mol. The highest BCUT2D eigenvalue weighted by Crippen LogP contribution is 2.36. The van der Waals surface area contributed by atoms with Crippen LogP contribution in [-0.4, -0.2) is 40.8 Å². The minimum Gasteiger partial charge on any atom is -0.444 e. The fraction of sp³-hybridized carbons (Fsp3) is 0.722. The Balaban J connectivity index is 1.60. The van der Waals surface area contributed by atoms with E-state index in [0.717, 1.165) is 37.4 Å². The number of carbonyl (C=O) groups excluding carboxylic acids is 1. The molecule has 1 aromatic rings. The van der Waals surface area contributed by atoms with Gasteiger partial charge >= 0.3 is 6.09 Å². The van der Waals surface area contributed by atoms with E-state index < -0.39 is 5.60 Å². The number of carbonyl (C=O) groups is 1. The summed E-state index contributed by atoms with van der Waals surface area (Å²) in [5.41, 5.74) is 0.691. The van der Waals surface area contributed by atoms with Crippen molar-refractivity contribution in [1.29, 1.82) is 0 Å². The summed E-state index contributed by atoms with van der Waals surface area (Å²) in [5.74, 6) is 1.58. The Morgan fingerprint density at radius 2 is 2.04 bits per heavy atom. The van der Waals surface area contributed by atoms with Crippen LogP contribution in [0.2, 0.25) is 0 Å². The Morgan fingerprint density at radius 3 is 2.71 bits per heavy atom. The van der Waals surface area contributed by atoms with Gasteiger partial charge in [0.15, 0.2) is 0 Å². The van der Waals surface area contributed by atoms with Gasteiger partial charge in [0.1, 0.15) is 17.7 Å². The third-order valence-corrected chi connectivity index (χ3v) is 4.66. The van der Waals surface area contributed by atoms with E-state index in [0.29, 0.717) is 5.92 Å². The van der Waals surface area contributed by atoms with Crippen LogP contribution < -0.4 is 10.2 Å². The van der Waals surface area contributed by atoms with Crippen LogP contribution >= 0.6 is 0 Å². The lowest BCUT2D eigenvalue weighted by Gasteiger charge is -2.34. The van der Waals surface area contributed by atoms with Crippen molar-refractivity contribution in [3.05, 3.63) is 18.1 Å². The molecule has 1 aliphatic heterocycles. The Labute approximate surface area is 144 Å². The summed E-state index contributed by atoms with van der Waals surface area (Å²) in [7, 11) is 0. The number of hydrogen-bond donors (Lipinski definition) is 1. The molecular formula is C18H28N4O2. The van der Waals surface area contributed by atoms with Crippen LogP contribution in [0.3, 0.4) is 0 Å². The van der Waals surface area contributed by atoms with Gasteiger partial charge in [0, 0.05) is 36.8 Å². The first kappa shape index (κ1) is 17.0. The topological polar surface area (TPSA) is 67.3 Å². The molecule has 0 radical (unpaired) electrons. The van der Waals surface area contributed by atoms with E-state index in [4.69, 9.17) is 4.74 Å². The molecule has 2 fully saturated rings. The van der Waals surface area contributed by atoms with Crippen LogP contribution in [0.4, 0.5) is 10.6 Å². The number of rotatable bonds is 3. The molecule has 24 heavy (non-hydrogen) atoms. The molecule has 1 unspecified atom stereocenters. The molecule has 1 N–H and O–H groups in total. The van der Waals surface area contributed by atoms with Crippen LogP contribution in [0.25, 0.3) is 0 Å². The van der Waals surface area contributed by atoms with Gasteiger partial charge < -0.3 is 15.0 Å². The normalized spacial score (nSPS) is 22.0. The second-order valence-corrected chi connectivity index (χ2v) is 7.86. The van der Waals surface area contributed by atoms with Crippen molar-refractivity contribution in [2.24, 2.45) is 0 Å². The summed E-state index contributed by atoms with van der Waals surface area (Å²) >= 11 is 0. The van der Waals surface area contributed by atoms with Crippen molar-refractivity contribution < 1.29 is 9.53 Å². The minimum absolute atomic E-state index is 0.0933. The molecule has 1 atom stereocenters. The average Bonchev–Trinajstić information content (AvgIpc) is 2.44. The maximum absolute atomic E-state index is 12.0. The van der Waals surface area contributed by atoms with Crippen molar-refractivity contribution >= 4 is 11.9 Å². The van der Waals surface area contributed by atoms with Crippen molar-refractivity contribution in [2.75, 3.05) is 18.0 Å². The van der Waals surface area contributed by atoms with Crippen LogP contribution in [0.15, 0.2) is 12.4 Å². The molecule has 3 rings (SSSR count). The predicted molar refractivity (Wildman–Crippen MR) is 93.2 cm³/mol. The summed E-state index contributed by atoms with van der Waals surface area (Å²) in [6, 6.07) is 2.22. The highest BCUT2D eigenvalue weighted by molar-refractivity contribution is 5.68. The minimum atomic E-state index is -0.469. The zero-order valence-corrected chi connectivity index (χ0v) is 14.9. The zero-order valence-electron chi connectivity index (χ0n) is 14.9. The smallest absolute Gasteiger partial charge is 0.407 e. The second-order valence-electron chi connectivity index (χ2n) is 7.86. The van der Waals surface area contributed by atoms with Gasteiger partial charge in [0.05, 0.1) is 0 Å². The van der Waals surface area contributed by atoms with E-state index >= 15 is 0 Å². The van der Waals surface area contributed by atoms with E-state index in [1.807, 2.05) is 20.8 Å². The van der Waals surface area contributed by atoms with Crippen molar-refractivity contribution in [1.82, 2.24) is 15.3 Å². The Kier molecular flexibility index (Phi) is 4.92. The van der Waals surface area contributed by atoms with Gasteiger partial charge in [-0.2, -0.15) is 0 Å². The molecule has 6 heteroatoms. The number of anilines is 1. The molecule has 1 aliphatic carbocycles. The lowest BCUT2D eigenvalue weighted by Crippen LogP contribution is -2.49. The fourth-order valence-corrected chi connectivity index (χ4v) is 3.24. The van der Waals surface area contributed by atoms with Crippen LogP contribution in [-0.2, 0) is 4.74 Å². The third kappa shape index (κ3) is 4.36. The molecule has 2 aliphatic rings. The number of piperidine rings is 1. The summed E-state index contributed by atoms with van der Waals surface area (Å²) in [6.45, 7) is 7.36. The molecular weight excluding hydrogens is 304 g/mol. The summed E-state index contributed by atoms with van der Waals surface area (Å²) in [5, 5.41) is 2.99. The van der Waals surface area contributed by atoms with Gasteiger partial charge in [0.25, 0.3) is 0 Å². The third-order valence-electron chi connectivity index (χ3n) is 4.66. The number of nitrogens with one attached hydrogen (secondary N) is 1. The maximum Gasteiger partial charge on any atom is 0.407 e. The Bertz CT molecular complexity index is 581. The van der Waals surface area contributed by atoms with Gasteiger partial charge in [-0.05, 0) is 46.5 Å². The van der Waals surface area contributed by atoms with Crippen LogP contribution in [0, 0.1) is 0 Å². The van der Waals surface area contributed by atoms with Gasteiger partial charge in [0.2, 0.25) is 0 Å². The molecule has 132 valence electrons. The second kappa shape index (κ2) is 6.95. The van der Waals surface area contributed by atoms with E-state index in [1.54, 1.807) is 6.33 Å². The number of hydrogen-bond acceptors (Lipinski definition) is 5. The largest absolute Gasteiger partial charge is 0.444 e. The number of amides is 1. The SMILES string of the molecule is CC(C)(C)OC(=O)NC1CCCN(c2cc(C3CCC3)ncn2)C1. The number of ether oxygens (including phenoxy) is 1. The van der Waals surface area contributed by atoms with E-state index in [-0.39, 0.29) is 12.1 Å². The van der Waals surface area contributed by atoms with Gasteiger partial charge in [-0.1, -0.05) is 6.42 Å². The first-order chi connectivity index (χ1) is 11.4. The molecule has 1 saturated carbocycles. The number of nitrogens with zero attached hydrogens (tertiary/aromatic N) is 3. The van der Waals surface area contributed by atoms with Gasteiger partial charge in [-0.3, -0.25) is 0 Å². The Morgan fingerprint density at radius 1 is 1.25 bits per heavy atom. The molecule has 0 bridgehead atoms. The van der Waals surface area contributed by atoms with Gasteiger partial charge in [-0.25, -0.2) is 14.8 Å². The molecule has 6 nitrogen and oxygen atoms in total. The fourth-order valence-electron chi connectivity index (χ4n) is 3.24. The highest BCUT2D eigenvalue weighted by atomic mass is 16.6. The first-order valence-corrected chi connectivity index (χ1v) is 8.97. The van der Waals surface area contributed by atoms with E-state index in [2.05, 4.69) is 26.3 Å². The lowest BCUT2D eigenvalue weighted by atomic mass is 9.83. The van der Waals surface area contributed by atoms with Crippen molar-refractivity contribution in [2.45, 2.75) is 70.4 Å². The number of aromatic nitrogens is 2. The quantitative estimate of drug-likeness (QED) is 0.920. The predicted octanol–water partition coefficient (Wildman–Crippen LogP) is 3.24. The zero-order chi connectivity index (χ0) is 17.2. The molecule has 2 heterocycles. The first-order valence-electron chi connectivity index (χ1n) is 8.97. The highest BCUT2D eigenvalue weighted by Gasteiger charge is 2.26. The van der Waals surface area contributed by atoms with Crippen LogP contribution in [0.1, 0.15) is 64.5 Å². The van der Waals surface area contributed by atoms with Crippen LogP contribution in [0.5, 0.6) is 0 Å². The van der Waals surface area contributed by atoms with Crippen molar-refractivity contribution in [3.63, 3.8) is 0 Å².